The Morgan fingerprint density at radius 2 is 1.57 bits per heavy atom. The smallest absolute Gasteiger partial charge is 0.326 e. The van der Waals surface area contributed by atoms with Crippen LogP contribution in [-0.4, -0.2) is 53.2 Å². The third kappa shape index (κ3) is 3.78. The quantitative estimate of drug-likeness (QED) is 0.532. The van der Waals surface area contributed by atoms with Crippen LogP contribution in [0.1, 0.15) is 31.8 Å². The van der Waals surface area contributed by atoms with Gasteiger partial charge in [0.15, 0.2) is 6.61 Å². The van der Waals surface area contributed by atoms with Crippen molar-refractivity contribution in [2.75, 3.05) is 19.7 Å². The fraction of sp³-hybridized carbons (Fsp3) is 0.238. The van der Waals surface area contributed by atoms with Crippen LogP contribution >= 0.6 is 23.2 Å². The molecule has 2 aromatic rings. The van der Waals surface area contributed by atoms with Crippen LogP contribution in [0.4, 0.5) is 0 Å². The second-order valence-electron chi connectivity index (χ2n) is 7.00. The number of nitrogens with zero attached hydrogens (tertiary/aromatic N) is 2. The van der Waals surface area contributed by atoms with E-state index in [1.165, 1.54) is 17.7 Å². The fourth-order valence-corrected chi connectivity index (χ4v) is 3.87. The molecule has 3 amide bonds. The maximum atomic E-state index is 12.4. The van der Waals surface area contributed by atoms with E-state index in [4.69, 9.17) is 27.9 Å². The van der Waals surface area contributed by atoms with E-state index in [0.29, 0.717) is 13.1 Å². The molecule has 0 saturated heterocycles. The van der Waals surface area contributed by atoms with Gasteiger partial charge in [-0.05, 0) is 29.7 Å². The zero-order valence-electron chi connectivity index (χ0n) is 15.7. The van der Waals surface area contributed by atoms with Crippen LogP contribution in [-0.2, 0) is 27.3 Å². The number of halogens is 2. The van der Waals surface area contributed by atoms with E-state index < -0.39 is 30.9 Å². The molecule has 0 aromatic heterocycles. The number of carbonyl (C=O) groups is 4. The van der Waals surface area contributed by atoms with Gasteiger partial charge in [0.05, 0.1) is 21.2 Å². The summed E-state index contributed by atoms with van der Waals surface area (Å²) in [6.07, 6.45) is 0.732. The lowest BCUT2D eigenvalue weighted by atomic mass is 10.00. The number of esters is 1. The Labute approximate surface area is 182 Å². The molecule has 2 aliphatic heterocycles. The van der Waals surface area contributed by atoms with E-state index in [1.807, 2.05) is 24.3 Å². The Hall–Kier alpha value is -2.90. The molecule has 7 nitrogen and oxygen atoms in total. The van der Waals surface area contributed by atoms with Crippen molar-refractivity contribution in [3.63, 3.8) is 0 Å². The van der Waals surface area contributed by atoms with Crippen molar-refractivity contribution in [3.8, 4) is 0 Å². The summed E-state index contributed by atoms with van der Waals surface area (Å²) in [5, 5.41) is 0.268. The first-order valence-corrected chi connectivity index (χ1v) is 9.96. The molecule has 2 heterocycles. The van der Waals surface area contributed by atoms with Gasteiger partial charge in [-0.15, -0.1) is 0 Å². The number of fused-ring (bicyclic) bond motifs is 2. The molecule has 2 aromatic carbocycles. The molecule has 0 fully saturated rings. The van der Waals surface area contributed by atoms with Crippen LogP contribution in [0, 0.1) is 0 Å². The molecule has 0 spiro atoms. The molecule has 0 aliphatic carbocycles. The first kappa shape index (κ1) is 20.4. The van der Waals surface area contributed by atoms with Crippen molar-refractivity contribution in [3.05, 3.63) is 68.7 Å². The molecule has 0 radical (unpaired) electrons. The molecule has 0 saturated carbocycles. The van der Waals surface area contributed by atoms with Gasteiger partial charge >= 0.3 is 5.97 Å². The first-order valence-electron chi connectivity index (χ1n) is 9.20. The summed E-state index contributed by atoms with van der Waals surface area (Å²) >= 11 is 11.8. The lowest BCUT2D eigenvalue weighted by Gasteiger charge is -2.28. The molecule has 154 valence electrons. The van der Waals surface area contributed by atoms with Crippen molar-refractivity contribution in [1.29, 1.82) is 0 Å². The van der Waals surface area contributed by atoms with E-state index in [2.05, 4.69) is 0 Å². The second kappa shape index (κ2) is 8.08. The van der Waals surface area contributed by atoms with Crippen molar-refractivity contribution < 1.29 is 23.9 Å². The van der Waals surface area contributed by atoms with Gasteiger partial charge in [-0.3, -0.25) is 24.1 Å². The number of carbonyl (C=O) groups excluding carboxylic acids is 4. The molecule has 9 heteroatoms. The largest absolute Gasteiger partial charge is 0.454 e. The third-order valence-electron chi connectivity index (χ3n) is 5.14. The Morgan fingerprint density at radius 1 is 0.967 bits per heavy atom. The number of benzene rings is 2. The molecule has 30 heavy (non-hydrogen) atoms. The first-order chi connectivity index (χ1) is 14.3. The fourth-order valence-electron chi connectivity index (χ4n) is 3.54. The molecular weight excluding hydrogens is 431 g/mol. The average Bonchev–Trinajstić information content (AvgIpc) is 2.96. The van der Waals surface area contributed by atoms with Crippen molar-refractivity contribution in [2.24, 2.45) is 0 Å². The number of hydrogen-bond acceptors (Lipinski definition) is 5. The van der Waals surface area contributed by atoms with Gasteiger partial charge in [-0.2, -0.15) is 0 Å². The summed E-state index contributed by atoms with van der Waals surface area (Å²) in [5.41, 5.74) is 2.41. The summed E-state index contributed by atoms with van der Waals surface area (Å²) in [7, 11) is 0. The maximum Gasteiger partial charge on any atom is 0.326 e. The summed E-state index contributed by atoms with van der Waals surface area (Å²) in [6, 6.07) is 10.4. The van der Waals surface area contributed by atoms with Gasteiger partial charge in [0.1, 0.15) is 6.54 Å². The molecule has 0 atom stereocenters. The number of hydrogen-bond donors (Lipinski definition) is 0. The Morgan fingerprint density at radius 3 is 2.20 bits per heavy atom. The number of imide groups is 1. The van der Waals surface area contributed by atoms with Crippen LogP contribution in [0.5, 0.6) is 0 Å². The normalized spacial score (nSPS) is 15.1. The monoisotopic (exact) mass is 446 g/mol. The van der Waals surface area contributed by atoms with Crippen molar-refractivity contribution in [2.45, 2.75) is 13.0 Å². The number of ether oxygens (including phenoxy) is 1. The van der Waals surface area contributed by atoms with Crippen molar-refractivity contribution >= 4 is 46.9 Å². The van der Waals surface area contributed by atoms with Gasteiger partial charge in [0, 0.05) is 13.1 Å². The topological polar surface area (TPSA) is 84.0 Å². The summed E-state index contributed by atoms with van der Waals surface area (Å²) < 4.78 is 5.02. The Bertz CT molecular complexity index is 1040. The van der Waals surface area contributed by atoms with Gasteiger partial charge in [-0.1, -0.05) is 47.5 Å². The summed E-state index contributed by atoms with van der Waals surface area (Å²) in [4.78, 5) is 51.8. The number of amides is 3. The molecular formula is C21H16Cl2N2O5. The van der Waals surface area contributed by atoms with Crippen LogP contribution in [0.15, 0.2) is 36.4 Å². The Balaban J connectivity index is 1.34. The lowest BCUT2D eigenvalue weighted by molar-refractivity contribution is -0.152. The SMILES string of the molecule is O=C(CN1C(=O)c2cc(Cl)c(Cl)cc2C1=O)OCC(=O)N1CCc2ccccc2C1. The number of rotatable bonds is 4. The second-order valence-corrected chi connectivity index (χ2v) is 7.82. The lowest BCUT2D eigenvalue weighted by Crippen LogP contribution is -2.40. The maximum absolute atomic E-state index is 12.4. The summed E-state index contributed by atoms with van der Waals surface area (Å²) in [5.74, 6) is -2.51. The zero-order chi connectivity index (χ0) is 21.4. The molecule has 2 aliphatic rings. The predicted molar refractivity (Wildman–Crippen MR) is 108 cm³/mol. The van der Waals surface area contributed by atoms with Gasteiger partial charge in [0.25, 0.3) is 17.7 Å². The minimum absolute atomic E-state index is 0.0743. The Kier molecular flexibility index (Phi) is 5.49. The van der Waals surface area contributed by atoms with Gasteiger partial charge in [0.2, 0.25) is 0 Å². The van der Waals surface area contributed by atoms with Crippen LogP contribution in [0.25, 0.3) is 0 Å². The van der Waals surface area contributed by atoms with E-state index in [-0.39, 0.29) is 27.1 Å². The molecule has 0 N–H and O–H groups in total. The molecule has 0 bridgehead atoms. The zero-order valence-corrected chi connectivity index (χ0v) is 17.2. The van der Waals surface area contributed by atoms with E-state index in [0.717, 1.165) is 16.9 Å². The minimum atomic E-state index is -0.854. The van der Waals surface area contributed by atoms with Crippen LogP contribution in [0.2, 0.25) is 10.0 Å². The van der Waals surface area contributed by atoms with Gasteiger partial charge in [-0.25, -0.2) is 0 Å². The minimum Gasteiger partial charge on any atom is -0.454 e. The highest BCUT2D eigenvalue weighted by molar-refractivity contribution is 6.43. The third-order valence-corrected chi connectivity index (χ3v) is 5.86. The molecule has 0 unspecified atom stereocenters. The highest BCUT2D eigenvalue weighted by atomic mass is 35.5. The van der Waals surface area contributed by atoms with E-state index >= 15 is 0 Å². The van der Waals surface area contributed by atoms with Crippen LogP contribution in [0.3, 0.4) is 0 Å². The highest BCUT2D eigenvalue weighted by Gasteiger charge is 2.38. The van der Waals surface area contributed by atoms with Gasteiger partial charge < -0.3 is 9.64 Å². The highest BCUT2D eigenvalue weighted by Crippen LogP contribution is 2.31. The van der Waals surface area contributed by atoms with E-state index in [9.17, 15) is 19.2 Å². The average molecular weight is 447 g/mol. The predicted octanol–water partition coefficient (Wildman–Crippen LogP) is 2.72. The standard InChI is InChI=1S/C21H16Cl2N2O5/c22-16-7-14-15(8-17(16)23)21(29)25(20(14)28)10-19(27)30-11-18(26)24-6-5-12-3-1-2-4-13(12)9-24/h1-4,7-8H,5-6,9-11H2. The molecule has 4 rings (SSSR count). The summed E-state index contributed by atoms with van der Waals surface area (Å²) in [6.45, 7) is -0.0701. The van der Waals surface area contributed by atoms with Crippen LogP contribution < -0.4 is 0 Å². The van der Waals surface area contributed by atoms with Crippen molar-refractivity contribution in [1.82, 2.24) is 9.80 Å². The van der Waals surface area contributed by atoms with E-state index in [1.54, 1.807) is 4.90 Å².